The van der Waals surface area contributed by atoms with E-state index in [1.54, 1.807) is 24.4 Å². The number of nitrogens with two attached hydrogens (primary N) is 1. The average Bonchev–Trinajstić information content (AvgIpc) is 3.26. The summed E-state index contributed by atoms with van der Waals surface area (Å²) in [6.45, 7) is 1.95. The summed E-state index contributed by atoms with van der Waals surface area (Å²) in [5.41, 5.74) is 8.39. The molecule has 0 radical (unpaired) electrons. The molecule has 2 aromatic heterocycles. The van der Waals surface area contributed by atoms with Crippen LogP contribution in [-0.2, 0) is 10.0 Å². The van der Waals surface area contributed by atoms with Crippen molar-refractivity contribution in [3.05, 3.63) is 71.9 Å². The van der Waals surface area contributed by atoms with Gasteiger partial charge in [-0.1, -0.05) is 0 Å². The van der Waals surface area contributed by atoms with Crippen molar-refractivity contribution in [3.8, 4) is 17.0 Å². The van der Waals surface area contributed by atoms with Crippen LogP contribution in [0.1, 0.15) is 11.8 Å². The van der Waals surface area contributed by atoms with E-state index in [1.165, 1.54) is 10.6 Å². The van der Waals surface area contributed by atoms with E-state index in [9.17, 15) is 17.2 Å². The van der Waals surface area contributed by atoms with Gasteiger partial charge in [-0.3, -0.25) is 10.8 Å². The van der Waals surface area contributed by atoms with Gasteiger partial charge >= 0.3 is 0 Å². The van der Waals surface area contributed by atoms with E-state index in [0.29, 0.717) is 37.6 Å². The number of nitrogens with one attached hydrogen (secondary N) is 1. The fourth-order valence-corrected chi connectivity index (χ4v) is 5.03. The number of rotatable bonds is 6. The van der Waals surface area contributed by atoms with Gasteiger partial charge in [-0.05, 0) is 42.5 Å². The lowest BCUT2D eigenvalue weighted by molar-refractivity contribution is 0.213. The number of aromatic nitrogens is 3. The van der Waals surface area contributed by atoms with Crippen LogP contribution >= 0.6 is 0 Å². The minimum absolute atomic E-state index is 0.178. The predicted octanol–water partition coefficient (Wildman–Crippen LogP) is 3.02. The van der Waals surface area contributed by atoms with E-state index >= 15 is 0 Å². The van der Waals surface area contributed by atoms with Gasteiger partial charge in [0.15, 0.2) is 6.23 Å². The molecule has 36 heavy (non-hydrogen) atoms. The van der Waals surface area contributed by atoms with Crippen molar-refractivity contribution >= 4 is 26.7 Å². The maximum absolute atomic E-state index is 13.5. The van der Waals surface area contributed by atoms with Crippen LogP contribution < -0.4 is 15.4 Å². The molecule has 0 amide bonds. The van der Waals surface area contributed by atoms with Crippen molar-refractivity contribution in [3.63, 3.8) is 0 Å². The number of sulfonamides is 1. The lowest BCUT2D eigenvalue weighted by Gasteiger charge is -2.33. The number of H-pyrrole nitrogens is 1. The summed E-state index contributed by atoms with van der Waals surface area (Å²) in [5.74, 6) is -0.297. The molecule has 9 nitrogen and oxygen atoms in total. The standard InChI is InChI=1S/C24H24F2N6O3S/c1-36(33,34)32-8-6-31(7-9-32)22-5-2-15(14-28-22)23-20-13-19(3-4-21(20)29-30-23)35-24(27)16-10-17(25)12-18(26)11-16/h2-5,10-14,24H,6-9,27H2,1H3,(H,29,30)/t24-/m0/s1. The largest absolute Gasteiger partial charge is 0.471 e. The van der Waals surface area contributed by atoms with Crippen molar-refractivity contribution < 1.29 is 21.9 Å². The molecule has 0 spiro atoms. The molecule has 2 aromatic carbocycles. The van der Waals surface area contributed by atoms with Crippen molar-refractivity contribution in [2.75, 3.05) is 37.3 Å². The minimum atomic E-state index is -3.20. The SMILES string of the molecule is CS(=O)(=O)N1CCN(c2ccc(-c3n[nH]c4ccc(O[C@H](N)c5cc(F)cc(F)c5)cc34)cn2)CC1. The summed E-state index contributed by atoms with van der Waals surface area (Å²) in [7, 11) is -3.20. The first-order valence-corrected chi connectivity index (χ1v) is 13.0. The first-order chi connectivity index (χ1) is 17.2. The molecule has 12 heteroatoms. The molecule has 1 aliphatic heterocycles. The second kappa shape index (κ2) is 9.45. The molecule has 5 rings (SSSR count). The van der Waals surface area contributed by atoms with Crippen molar-refractivity contribution in [1.29, 1.82) is 0 Å². The second-order valence-corrected chi connectivity index (χ2v) is 10.6. The van der Waals surface area contributed by atoms with Crippen LogP contribution in [0.5, 0.6) is 5.75 Å². The lowest BCUT2D eigenvalue weighted by atomic mass is 10.1. The molecule has 1 aliphatic rings. The molecule has 0 aliphatic carbocycles. The number of ether oxygens (including phenoxy) is 1. The molecule has 1 fully saturated rings. The molecule has 0 unspecified atom stereocenters. The van der Waals surface area contributed by atoms with Crippen molar-refractivity contribution in [1.82, 2.24) is 19.5 Å². The molecular weight excluding hydrogens is 490 g/mol. The van der Waals surface area contributed by atoms with Crippen LogP contribution in [0.3, 0.4) is 0 Å². The van der Waals surface area contributed by atoms with E-state index in [-0.39, 0.29) is 5.56 Å². The van der Waals surface area contributed by atoms with Crippen LogP contribution in [0.4, 0.5) is 14.6 Å². The zero-order valence-corrected chi connectivity index (χ0v) is 20.2. The van der Waals surface area contributed by atoms with Gasteiger partial charge in [0.1, 0.15) is 28.9 Å². The normalized spacial score (nSPS) is 15.8. The number of hydrogen-bond acceptors (Lipinski definition) is 7. The van der Waals surface area contributed by atoms with Gasteiger partial charge in [0.2, 0.25) is 10.0 Å². The van der Waals surface area contributed by atoms with Gasteiger partial charge < -0.3 is 9.64 Å². The summed E-state index contributed by atoms with van der Waals surface area (Å²) in [6, 6.07) is 12.0. The number of fused-ring (bicyclic) bond motifs is 1. The fraction of sp³-hybridized carbons (Fsp3) is 0.250. The van der Waals surface area contributed by atoms with Crippen LogP contribution in [-0.4, -0.2) is 60.3 Å². The number of nitrogens with zero attached hydrogens (tertiary/aromatic N) is 4. The van der Waals surface area contributed by atoms with Gasteiger partial charge in [0.05, 0.1) is 11.8 Å². The van der Waals surface area contributed by atoms with Crippen molar-refractivity contribution in [2.24, 2.45) is 5.73 Å². The molecule has 0 saturated carbocycles. The summed E-state index contributed by atoms with van der Waals surface area (Å²) < 4.78 is 57.8. The molecule has 0 bridgehead atoms. The summed E-state index contributed by atoms with van der Waals surface area (Å²) >= 11 is 0. The number of piperazine rings is 1. The molecule has 1 saturated heterocycles. The monoisotopic (exact) mass is 514 g/mol. The molecule has 3 heterocycles. The van der Waals surface area contributed by atoms with Gasteiger partial charge in [-0.15, -0.1) is 0 Å². The van der Waals surface area contributed by atoms with Crippen LogP contribution in [0, 0.1) is 11.6 Å². The Kier molecular flexibility index (Phi) is 6.33. The highest BCUT2D eigenvalue weighted by atomic mass is 32.2. The van der Waals surface area contributed by atoms with E-state index in [2.05, 4.69) is 15.2 Å². The first kappa shape index (κ1) is 24.1. The van der Waals surface area contributed by atoms with Crippen molar-refractivity contribution in [2.45, 2.75) is 6.23 Å². The third-order valence-corrected chi connectivity index (χ3v) is 7.37. The Morgan fingerprint density at radius 3 is 2.39 bits per heavy atom. The van der Waals surface area contributed by atoms with Crippen LogP contribution in [0.15, 0.2) is 54.7 Å². The van der Waals surface area contributed by atoms with Gasteiger partial charge in [-0.25, -0.2) is 22.2 Å². The molecule has 1 atom stereocenters. The predicted molar refractivity (Wildman–Crippen MR) is 132 cm³/mol. The number of halogens is 2. The number of pyridine rings is 1. The van der Waals surface area contributed by atoms with Gasteiger partial charge in [0.25, 0.3) is 0 Å². The zero-order chi connectivity index (χ0) is 25.4. The van der Waals surface area contributed by atoms with E-state index in [0.717, 1.165) is 40.5 Å². The Labute approximate surface area is 206 Å². The minimum Gasteiger partial charge on any atom is -0.471 e. The van der Waals surface area contributed by atoms with E-state index < -0.39 is 27.9 Å². The lowest BCUT2D eigenvalue weighted by Crippen LogP contribution is -2.48. The smallest absolute Gasteiger partial charge is 0.211 e. The summed E-state index contributed by atoms with van der Waals surface area (Å²) in [6.07, 6.45) is 1.87. The molecule has 3 N–H and O–H groups in total. The van der Waals surface area contributed by atoms with Crippen LogP contribution in [0.25, 0.3) is 22.2 Å². The Balaban J connectivity index is 1.34. The quantitative estimate of drug-likeness (QED) is 0.380. The highest BCUT2D eigenvalue weighted by Gasteiger charge is 2.24. The molecule has 188 valence electrons. The number of benzene rings is 2. The molecule has 4 aromatic rings. The van der Waals surface area contributed by atoms with Gasteiger partial charge in [0, 0.05) is 55.0 Å². The van der Waals surface area contributed by atoms with E-state index in [1.807, 2.05) is 17.0 Å². The maximum atomic E-state index is 13.5. The fourth-order valence-electron chi connectivity index (χ4n) is 4.20. The van der Waals surface area contributed by atoms with Gasteiger partial charge in [-0.2, -0.15) is 9.40 Å². The number of anilines is 1. The average molecular weight is 515 g/mol. The molecular formula is C24H24F2N6O3S. The maximum Gasteiger partial charge on any atom is 0.211 e. The zero-order valence-electron chi connectivity index (χ0n) is 19.4. The summed E-state index contributed by atoms with van der Waals surface area (Å²) in [5, 5.41) is 8.15. The Bertz CT molecular complexity index is 1480. The third kappa shape index (κ3) is 5.01. The first-order valence-electron chi connectivity index (χ1n) is 11.2. The Hall–Kier alpha value is -3.61. The highest BCUT2D eigenvalue weighted by molar-refractivity contribution is 7.88. The Morgan fingerprint density at radius 1 is 1.03 bits per heavy atom. The Morgan fingerprint density at radius 2 is 1.75 bits per heavy atom. The number of aromatic amines is 1. The topological polar surface area (TPSA) is 117 Å². The third-order valence-electron chi connectivity index (χ3n) is 6.06. The second-order valence-electron chi connectivity index (χ2n) is 8.57. The van der Waals surface area contributed by atoms with Crippen LogP contribution in [0.2, 0.25) is 0 Å². The highest BCUT2D eigenvalue weighted by Crippen LogP contribution is 2.31. The van der Waals surface area contributed by atoms with E-state index in [4.69, 9.17) is 10.5 Å². The summed E-state index contributed by atoms with van der Waals surface area (Å²) in [4.78, 5) is 6.60. The number of hydrogen-bond donors (Lipinski definition) is 2.